The van der Waals surface area contributed by atoms with Crippen LogP contribution in [0.5, 0.6) is 5.88 Å². The Kier molecular flexibility index (Phi) is 5.01. The molecule has 0 aliphatic heterocycles. The van der Waals surface area contributed by atoms with Crippen molar-refractivity contribution >= 4 is 27.2 Å². The zero-order valence-corrected chi connectivity index (χ0v) is 14.8. The van der Waals surface area contributed by atoms with Crippen molar-refractivity contribution in [3.8, 4) is 5.88 Å². The van der Waals surface area contributed by atoms with E-state index in [0.29, 0.717) is 18.5 Å². The summed E-state index contributed by atoms with van der Waals surface area (Å²) >= 11 is 6.30. The normalized spacial score (nSPS) is 19.0. The Labute approximate surface area is 140 Å². The van der Waals surface area contributed by atoms with Gasteiger partial charge in [0.25, 0.3) is 0 Å². The van der Waals surface area contributed by atoms with Crippen molar-refractivity contribution in [2.75, 3.05) is 6.26 Å². The number of Topliss-reactive ketones (excluding diaryl/α,β-unsaturated/α-hetero) is 1. The minimum Gasteiger partial charge on any atom is -0.493 e. The van der Waals surface area contributed by atoms with Gasteiger partial charge < -0.3 is 5.11 Å². The zero-order valence-electron chi connectivity index (χ0n) is 13.2. The van der Waals surface area contributed by atoms with Crippen LogP contribution in [0.2, 0.25) is 0 Å². The molecule has 1 heterocycles. The molecule has 1 unspecified atom stereocenters. The Morgan fingerprint density at radius 1 is 1.48 bits per heavy atom. The zero-order chi connectivity index (χ0) is 17.4. The van der Waals surface area contributed by atoms with E-state index in [0.717, 1.165) is 6.26 Å². The highest BCUT2D eigenvalue weighted by Gasteiger charge is 2.33. The highest BCUT2D eigenvalue weighted by molar-refractivity contribution is 7.91. The van der Waals surface area contributed by atoms with Crippen LogP contribution in [0.4, 0.5) is 0 Å². The van der Waals surface area contributed by atoms with E-state index in [9.17, 15) is 18.3 Å². The van der Waals surface area contributed by atoms with Crippen LogP contribution in [0.15, 0.2) is 28.5 Å². The summed E-state index contributed by atoms with van der Waals surface area (Å²) in [4.78, 5) is 12.6. The average Bonchev–Trinajstić information content (AvgIpc) is 2.86. The van der Waals surface area contributed by atoms with Gasteiger partial charge in [-0.15, -0.1) is 0 Å². The highest BCUT2D eigenvalue weighted by atomic mass is 35.5. The predicted molar refractivity (Wildman–Crippen MR) is 88.4 cm³/mol. The molecule has 8 heteroatoms. The van der Waals surface area contributed by atoms with Gasteiger partial charge in [-0.05, 0) is 25.3 Å². The molecule has 2 rings (SSSR count). The molecule has 1 N–H and O–H groups in total. The van der Waals surface area contributed by atoms with Crippen molar-refractivity contribution in [2.45, 2.75) is 38.5 Å². The third kappa shape index (κ3) is 3.21. The lowest BCUT2D eigenvalue weighted by Gasteiger charge is -2.23. The number of hydrogen-bond donors (Lipinski definition) is 1. The Bertz CT molecular complexity index is 805. The number of carbonyl (C=O) groups excluding carboxylic acids is 1. The Morgan fingerprint density at radius 2 is 2.13 bits per heavy atom. The van der Waals surface area contributed by atoms with E-state index in [1.165, 1.54) is 17.0 Å². The van der Waals surface area contributed by atoms with Crippen molar-refractivity contribution in [1.29, 1.82) is 0 Å². The monoisotopic (exact) mass is 358 g/mol. The molecular weight excluding hydrogens is 340 g/mol. The molecule has 23 heavy (non-hydrogen) atoms. The quantitative estimate of drug-likeness (QED) is 0.816. The number of nitrogens with zero attached hydrogens (tertiary/aromatic N) is 2. The lowest BCUT2D eigenvalue weighted by Crippen LogP contribution is -2.26. The molecule has 1 aromatic rings. The molecule has 0 saturated carbocycles. The summed E-state index contributed by atoms with van der Waals surface area (Å²) in [5.74, 6) is -0.670. The summed E-state index contributed by atoms with van der Waals surface area (Å²) in [6.07, 6.45) is 4.61. The molecule has 0 aromatic carbocycles. The number of hydrogen-bond acceptors (Lipinski definition) is 5. The van der Waals surface area contributed by atoms with Gasteiger partial charge in [0, 0.05) is 18.4 Å². The molecule has 0 fully saturated rings. The van der Waals surface area contributed by atoms with E-state index >= 15 is 0 Å². The summed E-state index contributed by atoms with van der Waals surface area (Å²) in [6.45, 7) is 4.02. The molecule has 0 bridgehead atoms. The van der Waals surface area contributed by atoms with Crippen LogP contribution in [0, 0.1) is 0 Å². The van der Waals surface area contributed by atoms with Crippen LogP contribution in [-0.4, -0.2) is 40.6 Å². The van der Waals surface area contributed by atoms with Crippen LogP contribution < -0.4 is 0 Å². The number of allylic oxidation sites excluding steroid dienone is 3. The van der Waals surface area contributed by atoms with Gasteiger partial charge in [0.1, 0.15) is 5.56 Å². The average molecular weight is 359 g/mol. The topological polar surface area (TPSA) is 89.3 Å². The highest BCUT2D eigenvalue weighted by Crippen LogP contribution is 2.36. The Morgan fingerprint density at radius 3 is 2.61 bits per heavy atom. The predicted octanol–water partition coefficient (Wildman–Crippen LogP) is 2.44. The minimum atomic E-state index is -3.31. The molecule has 126 valence electrons. The van der Waals surface area contributed by atoms with Crippen LogP contribution in [0.25, 0.3) is 0 Å². The number of aromatic hydroxyl groups is 1. The van der Waals surface area contributed by atoms with Gasteiger partial charge in [-0.3, -0.25) is 4.79 Å². The maximum Gasteiger partial charge on any atom is 0.220 e. The van der Waals surface area contributed by atoms with Crippen LogP contribution >= 0.6 is 11.6 Å². The Balaban J connectivity index is 2.45. The summed E-state index contributed by atoms with van der Waals surface area (Å²) in [7, 11) is -3.31. The van der Waals surface area contributed by atoms with Crippen molar-refractivity contribution in [3.05, 3.63) is 34.0 Å². The molecule has 0 radical (unpaired) electrons. The van der Waals surface area contributed by atoms with Gasteiger partial charge in [0.05, 0.1) is 16.5 Å². The van der Waals surface area contributed by atoms with Crippen molar-refractivity contribution in [3.63, 3.8) is 0 Å². The third-order valence-corrected chi connectivity index (χ3v) is 5.90. The van der Waals surface area contributed by atoms with Crippen LogP contribution in [0.3, 0.4) is 0 Å². The first kappa shape index (κ1) is 17.7. The second-order valence-electron chi connectivity index (χ2n) is 5.39. The van der Waals surface area contributed by atoms with Gasteiger partial charge in [0.15, 0.2) is 9.84 Å². The smallest absolute Gasteiger partial charge is 0.220 e. The molecule has 0 saturated heterocycles. The van der Waals surface area contributed by atoms with Crippen molar-refractivity contribution in [2.24, 2.45) is 0 Å². The number of halogens is 1. The molecule has 1 aliphatic rings. The van der Waals surface area contributed by atoms with E-state index in [1.807, 2.05) is 0 Å². The summed E-state index contributed by atoms with van der Waals surface area (Å²) < 4.78 is 25.1. The van der Waals surface area contributed by atoms with E-state index in [-0.39, 0.29) is 28.5 Å². The van der Waals surface area contributed by atoms with E-state index < -0.39 is 20.9 Å². The number of sulfone groups is 1. The van der Waals surface area contributed by atoms with Crippen LogP contribution in [0.1, 0.15) is 37.0 Å². The number of aryl methyl sites for hydroxylation is 1. The lowest BCUT2D eigenvalue weighted by atomic mass is 9.93. The van der Waals surface area contributed by atoms with E-state index in [2.05, 4.69) is 5.10 Å². The Hall–Kier alpha value is -1.60. The summed E-state index contributed by atoms with van der Waals surface area (Å²) in [5.41, 5.74) is 0.807. The van der Waals surface area contributed by atoms with Crippen molar-refractivity contribution in [1.82, 2.24) is 9.78 Å². The minimum absolute atomic E-state index is 0.0597. The molecule has 1 aromatic heterocycles. The first-order valence-electron chi connectivity index (χ1n) is 7.29. The van der Waals surface area contributed by atoms with E-state index in [1.54, 1.807) is 13.8 Å². The van der Waals surface area contributed by atoms with E-state index in [4.69, 9.17) is 11.6 Å². The summed E-state index contributed by atoms with van der Waals surface area (Å²) in [5, 5.41) is 13.4. The van der Waals surface area contributed by atoms with Gasteiger partial charge in [0.2, 0.25) is 11.7 Å². The molecule has 1 aliphatic carbocycles. The maximum absolute atomic E-state index is 12.6. The van der Waals surface area contributed by atoms with Gasteiger partial charge >= 0.3 is 0 Å². The fourth-order valence-corrected chi connectivity index (χ4v) is 4.44. The molecule has 0 spiro atoms. The number of carbonyl (C=O) groups is 1. The first-order valence-corrected chi connectivity index (χ1v) is 9.62. The molecule has 0 amide bonds. The molecular formula is C15H19ClN2O4S. The van der Waals surface area contributed by atoms with Gasteiger partial charge in [-0.1, -0.05) is 24.6 Å². The second-order valence-corrected chi connectivity index (χ2v) is 8.00. The maximum atomic E-state index is 12.6. The number of rotatable bonds is 5. The molecule has 1 atom stereocenters. The molecule has 6 nitrogen and oxygen atoms in total. The van der Waals surface area contributed by atoms with Crippen LogP contribution in [-0.2, 0) is 16.4 Å². The fourth-order valence-electron chi connectivity index (χ4n) is 2.70. The number of aromatic nitrogens is 2. The summed E-state index contributed by atoms with van der Waals surface area (Å²) in [6, 6.07) is 0. The first-order chi connectivity index (χ1) is 10.7. The third-order valence-electron chi connectivity index (χ3n) is 3.94. The standard InChI is InChI=1S/C15H19ClN2O4S/c1-4-9-12(23(3,21)22)7-6-10(13(9)16)14(19)11-8-17-18(5-2)15(11)20/h6,8,12,20H,4-5,7H2,1-3H3. The SMILES string of the molecule is CCC1=C(Cl)C(C(=O)c2cnn(CC)c2O)=CCC1S(C)(=O)=O. The van der Waals surface area contributed by atoms with Gasteiger partial charge in [-0.25, -0.2) is 13.1 Å². The number of ketones is 1. The fraction of sp³-hybridized carbons (Fsp3) is 0.467. The lowest BCUT2D eigenvalue weighted by molar-refractivity contribution is 0.103. The largest absolute Gasteiger partial charge is 0.493 e. The second kappa shape index (κ2) is 6.49. The van der Waals surface area contributed by atoms with Crippen molar-refractivity contribution < 1.29 is 18.3 Å². The van der Waals surface area contributed by atoms with Gasteiger partial charge in [-0.2, -0.15) is 5.10 Å².